The molecule has 9 heteroatoms. The van der Waals surface area contributed by atoms with Gasteiger partial charge in [-0.05, 0) is 43.8 Å². The van der Waals surface area contributed by atoms with E-state index in [0.29, 0.717) is 19.8 Å². The van der Waals surface area contributed by atoms with Gasteiger partial charge >= 0.3 is 5.69 Å². The third kappa shape index (κ3) is 6.46. The van der Waals surface area contributed by atoms with E-state index in [1.807, 2.05) is 60.7 Å². The number of thioether (sulfide) groups is 1. The first-order valence-electron chi connectivity index (χ1n) is 12.1. The number of hydrogen-bond acceptors (Lipinski definition) is 7. The number of hydrogen-bond donors (Lipinski definition) is 1. The van der Waals surface area contributed by atoms with E-state index in [9.17, 15) is 4.79 Å². The number of benzene rings is 2. The van der Waals surface area contributed by atoms with Gasteiger partial charge in [0.1, 0.15) is 22.9 Å². The van der Waals surface area contributed by atoms with Crippen molar-refractivity contribution in [3.05, 3.63) is 94.5 Å². The Kier molecular flexibility index (Phi) is 8.36. The summed E-state index contributed by atoms with van der Waals surface area (Å²) >= 11 is 1.64. The van der Waals surface area contributed by atoms with Crippen molar-refractivity contribution >= 4 is 25.9 Å². The molecule has 36 heavy (non-hydrogen) atoms. The summed E-state index contributed by atoms with van der Waals surface area (Å²) < 4.78 is 21.3. The quantitative estimate of drug-likeness (QED) is 0.379. The van der Waals surface area contributed by atoms with Crippen LogP contribution in [0.25, 0.3) is 0 Å². The van der Waals surface area contributed by atoms with E-state index in [1.54, 1.807) is 28.6 Å². The Balaban J connectivity index is 1.65. The van der Waals surface area contributed by atoms with Crippen molar-refractivity contribution in [2.24, 2.45) is 0 Å². The summed E-state index contributed by atoms with van der Waals surface area (Å²) in [5.74, 6) is 0.201. The van der Waals surface area contributed by atoms with Gasteiger partial charge in [0.25, 0.3) is 0 Å². The van der Waals surface area contributed by atoms with Crippen molar-refractivity contribution < 1.29 is 13.9 Å². The second-order valence-corrected chi connectivity index (χ2v) is 15.9. The fourth-order valence-electron chi connectivity index (χ4n) is 4.62. The molecule has 2 heterocycles. The second-order valence-electron chi connectivity index (χ2n) is 10.2. The first-order valence-corrected chi connectivity index (χ1v) is 16.5. The van der Waals surface area contributed by atoms with E-state index in [0.717, 1.165) is 11.1 Å². The maximum Gasteiger partial charge on any atom is 0.350 e. The van der Waals surface area contributed by atoms with Gasteiger partial charge in [-0.25, -0.2) is 4.79 Å². The highest BCUT2D eigenvalue weighted by atomic mass is 32.2. The largest absolute Gasteiger partial charge is 0.407 e. The van der Waals surface area contributed by atoms with Crippen LogP contribution >= 0.6 is 11.8 Å². The van der Waals surface area contributed by atoms with E-state index >= 15 is 0 Å². The van der Waals surface area contributed by atoms with Gasteiger partial charge in [0.05, 0.1) is 25.1 Å². The Hall–Kier alpha value is -2.43. The molecule has 2 aromatic carbocycles. The molecule has 3 aromatic rings. The number of rotatable bonds is 10. The number of ether oxygens (including phenoxy) is 2. The zero-order valence-electron chi connectivity index (χ0n) is 21.3. The first kappa shape index (κ1) is 26.6. The lowest BCUT2D eigenvalue weighted by Gasteiger charge is -2.41. The minimum absolute atomic E-state index is 0.0618. The van der Waals surface area contributed by atoms with Crippen LogP contribution in [-0.4, -0.2) is 41.4 Å². The average Bonchev–Trinajstić information content (AvgIpc) is 3.08. The zero-order valence-corrected chi connectivity index (χ0v) is 23.1. The second kappa shape index (κ2) is 11.3. The van der Waals surface area contributed by atoms with Crippen LogP contribution in [0.1, 0.15) is 23.4 Å². The molecule has 2 unspecified atom stereocenters. The van der Waals surface area contributed by atoms with Crippen LogP contribution in [0, 0.1) is 0 Å². The lowest BCUT2D eigenvalue weighted by molar-refractivity contribution is -0.102. The highest BCUT2D eigenvalue weighted by Gasteiger charge is 2.57. The van der Waals surface area contributed by atoms with Crippen molar-refractivity contribution in [2.45, 2.75) is 62.1 Å². The highest BCUT2D eigenvalue weighted by Crippen LogP contribution is 2.52. The molecule has 0 saturated carbocycles. The van der Waals surface area contributed by atoms with Gasteiger partial charge in [0, 0.05) is 6.20 Å². The van der Waals surface area contributed by atoms with E-state index < -0.39 is 19.6 Å². The van der Waals surface area contributed by atoms with Crippen molar-refractivity contribution in [3.63, 3.8) is 0 Å². The van der Waals surface area contributed by atoms with Gasteiger partial charge in [-0.2, -0.15) is 4.98 Å². The average molecular weight is 526 g/mol. The van der Waals surface area contributed by atoms with Crippen LogP contribution < -0.4 is 11.4 Å². The SMILES string of the molecule is CC1(O[Si](C)(C)C)C(n2ccc(N)nc2=O)S[C@H](COCc2ccccc2)[C@H]1OCc1ccccc1. The zero-order chi connectivity index (χ0) is 25.8. The van der Waals surface area contributed by atoms with Gasteiger partial charge in [-0.3, -0.25) is 4.57 Å². The smallest absolute Gasteiger partial charge is 0.350 e. The number of anilines is 1. The standard InChI is InChI=1S/C27H35N3O4SSi/c1-27(34-36(2,3)4)24(33-18-21-13-9-6-10-14-21)22(19-32-17-20-11-7-5-8-12-20)35-25(27)30-16-15-23(28)29-26(30)31/h5-16,22,24-25H,17-19H2,1-4H3,(H2,28,29,31)/t22-,24-,25?,27?/m1/s1. The lowest BCUT2D eigenvalue weighted by Crippen LogP contribution is -2.54. The minimum atomic E-state index is -2.06. The molecule has 7 nitrogen and oxygen atoms in total. The van der Waals surface area contributed by atoms with Gasteiger partial charge in [0.15, 0.2) is 8.32 Å². The van der Waals surface area contributed by atoms with E-state index in [-0.39, 0.29) is 22.5 Å². The predicted molar refractivity (Wildman–Crippen MR) is 147 cm³/mol. The molecule has 4 atom stereocenters. The van der Waals surface area contributed by atoms with Gasteiger partial charge in [0.2, 0.25) is 0 Å². The van der Waals surface area contributed by atoms with Crippen LogP contribution in [-0.2, 0) is 27.1 Å². The topological polar surface area (TPSA) is 88.6 Å². The summed E-state index contributed by atoms with van der Waals surface area (Å²) in [6.45, 7) is 9.90. The van der Waals surface area contributed by atoms with E-state index in [4.69, 9.17) is 19.6 Å². The predicted octanol–water partition coefficient (Wildman–Crippen LogP) is 4.85. The van der Waals surface area contributed by atoms with E-state index in [2.05, 4.69) is 31.5 Å². The molecule has 1 fully saturated rings. The monoisotopic (exact) mass is 525 g/mol. The number of aromatic nitrogens is 2. The maximum atomic E-state index is 12.9. The van der Waals surface area contributed by atoms with Gasteiger partial charge in [-0.15, -0.1) is 11.8 Å². The summed E-state index contributed by atoms with van der Waals surface area (Å²) in [7, 11) is -2.06. The molecule has 0 amide bonds. The summed E-state index contributed by atoms with van der Waals surface area (Å²) in [5, 5.41) is -0.413. The molecule has 0 spiro atoms. The molecule has 192 valence electrons. The number of nitrogen functional groups attached to an aromatic ring is 1. The van der Waals surface area contributed by atoms with Crippen LogP contribution in [0.15, 0.2) is 77.7 Å². The normalized spacial score (nSPS) is 24.2. The summed E-state index contributed by atoms with van der Waals surface area (Å²) in [6.07, 6.45) is 1.38. The van der Waals surface area contributed by atoms with Gasteiger partial charge in [-0.1, -0.05) is 60.7 Å². The highest BCUT2D eigenvalue weighted by molar-refractivity contribution is 8.00. The van der Waals surface area contributed by atoms with Gasteiger partial charge < -0.3 is 19.6 Å². The molecule has 0 bridgehead atoms. The summed E-state index contributed by atoms with van der Waals surface area (Å²) in [5.41, 5.74) is 6.79. The molecule has 1 aromatic heterocycles. The molecule has 2 N–H and O–H groups in total. The Morgan fingerprint density at radius 2 is 1.61 bits per heavy atom. The molecule has 1 saturated heterocycles. The lowest BCUT2D eigenvalue weighted by atomic mass is 9.96. The van der Waals surface area contributed by atoms with Crippen LogP contribution in [0.4, 0.5) is 5.82 Å². The molecule has 0 aliphatic carbocycles. The summed E-state index contributed by atoms with van der Waals surface area (Å²) in [6, 6.07) is 21.8. The molecule has 1 aliphatic heterocycles. The maximum absolute atomic E-state index is 12.9. The van der Waals surface area contributed by atoms with Crippen molar-refractivity contribution in [1.82, 2.24) is 9.55 Å². The molecular formula is C27H35N3O4SSi. The molecule has 4 rings (SSSR count). The Morgan fingerprint density at radius 1 is 1.00 bits per heavy atom. The molecule has 1 aliphatic rings. The van der Waals surface area contributed by atoms with Crippen LogP contribution in [0.3, 0.4) is 0 Å². The Morgan fingerprint density at radius 3 is 2.19 bits per heavy atom. The molecule has 0 radical (unpaired) electrons. The number of nitrogens with zero attached hydrogens (tertiary/aromatic N) is 2. The fraction of sp³-hybridized carbons (Fsp3) is 0.407. The Bertz CT molecular complexity index is 1190. The van der Waals surface area contributed by atoms with Crippen LogP contribution in [0.5, 0.6) is 0 Å². The Labute approximate surface area is 218 Å². The summed E-state index contributed by atoms with van der Waals surface area (Å²) in [4.78, 5) is 16.9. The third-order valence-electron chi connectivity index (χ3n) is 5.99. The first-order chi connectivity index (χ1) is 17.2. The van der Waals surface area contributed by atoms with Crippen LogP contribution in [0.2, 0.25) is 19.6 Å². The molecular weight excluding hydrogens is 490 g/mol. The number of nitrogens with two attached hydrogens (primary N) is 1. The van der Waals surface area contributed by atoms with E-state index in [1.165, 1.54) is 0 Å². The fourth-order valence-corrected chi connectivity index (χ4v) is 8.00. The van der Waals surface area contributed by atoms with Crippen molar-refractivity contribution in [2.75, 3.05) is 12.3 Å². The third-order valence-corrected chi connectivity index (χ3v) is 8.73. The van der Waals surface area contributed by atoms with Crippen molar-refractivity contribution in [3.8, 4) is 0 Å². The van der Waals surface area contributed by atoms with Crippen molar-refractivity contribution in [1.29, 1.82) is 0 Å². The minimum Gasteiger partial charge on any atom is -0.407 e.